The van der Waals surface area contributed by atoms with E-state index in [2.05, 4.69) is 18.2 Å². The monoisotopic (exact) mass is 286 g/mol. The van der Waals surface area contributed by atoms with Gasteiger partial charge < -0.3 is 14.2 Å². The minimum atomic E-state index is 0.253. The van der Waals surface area contributed by atoms with Crippen molar-refractivity contribution in [3.63, 3.8) is 0 Å². The van der Waals surface area contributed by atoms with Crippen molar-refractivity contribution in [3.05, 3.63) is 41.5 Å². The number of hydrogen-bond donors (Lipinski definition) is 0. The lowest BCUT2D eigenvalue weighted by Gasteiger charge is -2.20. The lowest BCUT2D eigenvalue weighted by molar-refractivity contribution is -0.0671. The van der Waals surface area contributed by atoms with E-state index in [1.165, 1.54) is 24.8 Å². The summed E-state index contributed by atoms with van der Waals surface area (Å²) in [4.78, 5) is 0. The number of allylic oxidation sites excluding steroid dienone is 1. The van der Waals surface area contributed by atoms with Crippen LogP contribution in [0.2, 0.25) is 0 Å². The molecule has 0 N–H and O–H groups in total. The molecule has 1 aliphatic heterocycles. The number of hydrogen-bond acceptors (Lipinski definition) is 3. The van der Waals surface area contributed by atoms with E-state index in [1.54, 1.807) is 12.7 Å². The average Bonchev–Trinajstić information content (AvgIpc) is 3.18. The van der Waals surface area contributed by atoms with Gasteiger partial charge in [-0.05, 0) is 49.0 Å². The van der Waals surface area contributed by atoms with Crippen molar-refractivity contribution in [2.75, 3.05) is 7.11 Å². The maximum atomic E-state index is 6.23. The molecule has 21 heavy (non-hydrogen) atoms. The smallest absolute Gasteiger partial charge is 0.118 e. The number of benzene rings is 1. The van der Waals surface area contributed by atoms with Crippen molar-refractivity contribution in [2.45, 2.75) is 50.6 Å². The van der Waals surface area contributed by atoms with Crippen molar-refractivity contribution in [1.29, 1.82) is 0 Å². The van der Waals surface area contributed by atoms with Gasteiger partial charge in [0.15, 0.2) is 0 Å². The Morgan fingerprint density at radius 2 is 2.00 bits per heavy atom. The maximum absolute atomic E-state index is 6.23. The fourth-order valence-electron chi connectivity index (χ4n) is 4.00. The summed E-state index contributed by atoms with van der Waals surface area (Å²) in [6, 6.07) is 8.10. The van der Waals surface area contributed by atoms with Crippen LogP contribution in [0.25, 0.3) is 0 Å². The molecule has 2 fully saturated rings. The van der Waals surface area contributed by atoms with Crippen molar-refractivity contribution in [3.8, 4) is 5.75 Å². The van der Waals surface area contributed by atoms with Gasteiger partial charge in [-0.25, -0.2) is 0 Å². The first kappa shape index (κ1) is 13.4. The highest BCUT2D eigenvalue weighted by atomic mass is 16.6. The quantitative estimate of drug-likeness (QED) is 0.793. The lowest BCUT2D eigenvalue weighted by atomic mass is 9.97. The normalized spacial score (nSPS) is 33.7. The van der Waals surface area contributed by atoms with Crippen LogP contribution >= 0.6 is 0 Å². The fourth-order valence-corrected chi connectivity index (χ4v) is 4.00. The van der Waals surface area contributed by atoms with Crippen LogP contribution in [-0.4, -0.2) is 25.4 Å². The molecule has 2 aliphatic carbocycles. The van der Waals surface area contributed by atoms with Crippen molar-refractivity contribution >= 4 is 0 Å². The predicted molar refractivity (Wildman–Crippen MR) is 80.3 cm³/mol. The minimum Gasteiger partial charge on any atom is -0.497 e. The fraction of sp³-hybridized carbons (Fsp3) is 0.556. The summed E-state index contributed by atoms with van der Waals surface area (Å²) in [6.07, 6.45) is 8.06. The van der Waals surface area contributed by atoms with Crippen LogP contribution in [0.3, 0.4) is 0 Å². The number of methoxy groups -OCH3 is 1. The van der Waals surface area contributed by atoms with Crippen LogP contribution in [0.4, 0.5) is 0 Å². The molecule has 0 radical (unpaired) electrons. The highest BCUT2D eigenvalue weighted by Crippen LogP contribution is 2.47. The molecule has 112 valence electrons. The molecule has 0 bridgehead atoms. The number of rotatable bonds is 4. The molecule has 3 nitrogen and oxygen atoms in total. The minimum absolute atomic E-state index is 0.253. The molecule has 4 rings (SSSR count). The molecule has 1 saturated carbocycles. The van der Waals surface area contributed by atoms with Crippen molar-refractivity contribution in [1.82, 2.24) is 0 Å². The van der Waals surface area contributed by atoms with Crippen LogP contribution in [-0.2, 0) is 16.1 Å². The van der Waals surface area contributed by atoms with Gasteiger partial charge in [-0.2, -0.15) is 0 Å². The van der Waals surface area contributed by atoms with E-state index in [0.717, 1.165) is 12.2 Å². The molecule has 3 heteroatoms. The number of fused-ring (bicyclic) bond motifs is 3. The van der Waals surface area contributed by atoms with Crippen LogP contribution in [0, 0.1) is 5.92 Å². The van der Waals surface area contributed by atoms with Crippen molar-refractivity contribution in [2.24, 2.45) is 5.92 Å². The Bertz CT molecular complexity index is 534. The molecule has 0 aromatic heterocycles. The third-order valence-electron chi connectivity index (χ3n) is 5.08. The summed E-state index contributed by atoms with van der Waals surface area (Å²) in [6.45, 7) is 0.658. The zero-order chi connectivity index (χ0) is 14.2. The van der Waals surface area contributed by atoms with E-state index in [-0.39, 0.29) is 6.10 Å². The van der Waals surface area contributed by atoms with Gasteiger partial charge in [-0.15, -0.1) is 0 Å². The largest absolute Gasteiger partial charge is 0.497 e. The standard InChI is InChI=1S/C18H22O3/c1-19-13-7-5-12(6-8-13)11-20-17-10-9-15-14-3-2-4-16(14)21-18(15)17/h3,5-8,15-18H,2,4,9-11H2,1H3/t15-,16-,17+,18+/m0/s1. The van der Waals surface area contributed by atoms with Gasteiger partial charge in [0.05, 0.1) is 32.0 Å². The highest BCUT2D eigenvalue weighted by Gasteiger charge is 2.49. The first-order valence-corrected chi connectivity index (χ1v) is 7.95. The molecule has 3 aliphatic rings. The molecular weight excluding hydrogens is 264 g/mol. The van der Waals surface area contributed by atoms with Gasteiger partial charge in [0.2, 0.25) is 0 Å². The third-order valence-corrected chi connectivity index (χ3v) is 5.08. The lowest BCUT2D eigenvalue weighted by Crippen LogP contribution is -2.27. The Labute approximate surface area is 125 Å². The van der Waals surface area contributed by atoms with Gasteiger partial charge in [-0.1, -0.05) is 18.2 Å². The SMILES string of the molecule is COc1ccc(CO[C@@H]2CC[C@H]3C4=CCC[C@@H]4O[C@@H]23)cc1. The van der Waals surface area contributed by atoms with E-state index >= 15 is 0 Å². The summed E-state index contributed by atoms with van der Waals surface area (Å²) in [5.41, 5.74) is 2.76. The summed E-state index contributed by atoms with van der Waals surface area (Å²) >= 11 is 0. The Hall–Kier alpha value is -1.32. The van der Waals surface area contributed by atoms with Gasteiger partial charge in [0.1, 0.15) is 5.75 Å². The average molecular weight is 286 g/mol. The summed E-state index contributed by atoms with van der Waals surface area (Å²) in [7, 11) is 1.69. The number of ether oxygens (including phenoxy) is 3. The summed E-state index contributed by atoms with van der Waals surface area (Å²) in [5.74, 6) is 1.51. The van der Waals surface area contributed by atoms with E-state index in [0.29, 0.717) is 24.7 Å². The maximum Gasteiger partial charge on any atom is 0.118 e. The molecule has 1 heterocycles. The second-order valence-corrected chi connectivity index (χ2v) is 6.25. The van der Waals surface area contributed by atoms with Gasteiger partial charge in [-0.3, -0.25) is 0 Å². The molecule has 1 aromatic carbocycles. The zero-order valence-corrected chi connectivity index (χ0v) is 12.5. The van der Waals surface area contributed by atoms with E-state index in [9.17, 15) is 0 Å². The topological polar surface area (TPSA) is 27.7 Å². The Morgan fingerprint density at radius 3 is 2.81 bits per heavy atom. The predicted octanol–water partition coefficient (Wildman–Crippen LogP) is 3.48. The molecule has 0 unspecified atom stereocenters. The second kappa shape index (κ2) is 5.47. The van der Waals surface area contributed by atoms with E-state index in [4.69, 9.17) is 14.2 Å². The second-order valence-electron chi connectivity index (χ2n) is 6.25. The summed E-state index contributed by atoms with van der Waals surface area (Å²) in [5, 5.41) is 0. The zero-order valence-electron chi connectivity index (χ0n) is 12.5. The Balaban J connectivity index is 1.37. The van der Waals surface area contributed by atoms with Gasteiger partial charge in [0, 0.05) is 5.92 Å². The van der Waals surface area contributed by atoms with Gasteiger partial charge >= 0.3 is 0 Å². The molecular formula is C18H22O3. The first-order valence-electron chi connectivity index (χ1n) is 7.95. The Kier molecular flexibility index (Phi) is 3.48. The molecule has 1 aromatic rings. The van der Waals surface area contributed by atoms with Crippen LogP contribution in [0.1, 0.15) is 31.2 Å². The molecule has 4 atom stereocenters. The third kappa shape index (κ3) is 2.39. The van der Waals surface area contributed by atoms with Crippen LogP contribution in [0.5, 0.6) is 5.75 Å². The molecule has 0 spiro atoms. The van der Waals surface area contributed by atoms with E-state index in [1.807, 2.05) is 12.1 Å². The Morgan fingerprint density at radius 1 is 1.14 bits per heavy atom. The van der Waals surface area contributed by atoms with Crippen LogP contribution < -0.4 is 4.74 Å². The molecule has 1 saturated heterocycles. The van der Waals surface area contributed by atoms with Gasteiger partial charge in [0.25, 0.3) is 0 Å². The van der Waals surface area contributed by atoms with Crippen LogP contribution in [0.15, 0.2) is 35.9 Å². The molecule has 0 amide bonds. The first-order chi connectivity index (χ1) is 10.3. The highest BCUT2D eigenvalue weighted by molar-refractivity contribution is 5.27. The van der Waals surface area contributed by atoms with E-state index < -0.39 is 0 Å². The van der Waals surface area contributed by atoms with Crippen molar-refractivity contribution < 1.29 is 14.2 Å². The summed E-state index contributed by atoms with van der Waals surface area (Å²) < 4.78 is 17.6.